The van der Waals surface area contributed by atoms with Crippen molar-refractivity contribution in [3.05, 3.63) is 11.3 Å². The second kappa shape index (κ2) is 3.18. The van der Waals surface area contributed by atoms with Gasteiger partial charge in [0, 0.05) is 26.4 Å². The van der Waals surface area contributed by atoms with Gasteiger partial charge < -0.3 is 15.2 Å². The van der Waals surface area contributed by atoms with Crippen molar-refractivity contribution in [1.29, 1.82) is 0 Å². The van der Waals surface area contributed by atoms with E-state index in [2.05, 4.69) is 15.8 Å². The Morgan fingerprint density at radius 3 is 3.31 bits per heavy atom. The molecule has 70 valence electrons. The molecule has 0 aromatic carbocycles. The van der Waals surface area contributed by atoms with Crippen LogP contribution in [0.25, 0.3) is 0 Å². The second-order valence-corrected chi connectivity index (χ2v) is 3.04. The lowest BCUT2D eigenvalue weighted by Crippen LogP contribution is -2.23. The highest BCUT2D eigenvalue weighted by Gasteiger charge is 2.19. The number of aromatic nitrogens is 1. The van der Waals surface area contributed by atoms with E-state index in [0.29, 0.717) is 12.4 Å². The Balaban J connectivity index is 2.26. The molecule has 0 aliphatic carbocycles. The van der Waals surface area contributed by atoms with E-state index in [1.165, 1.54) is 6.92 Å². The number of amides is 1. The molecule has 1 aliphatic rings. The number of nitrogens with one attached hydrogen (secondary N) is 2. The lowest BCUT2D eigenvalue weighted by Gasteiger charge is -2.10. The van der Waals surface area contributed by atoms with Crippen LogP contribution in [-0.2, 0) is 17.8 Å². The van der Waals surface area contributed by atoms with Crippen LogP contribution in [0.15, 0.2) is 4.52 Å². The minimum Gasteiger partial charge on any atom is -0.359 e. The van der Waals surface area contributed by atoms with Crippen LogP contribution in [0, 0.1) is 0 Å². The SMILES string of the molecule is CC(=O)Nc1noc2c1CNCC2. The zero-order valence-corrected chi connectivity index (χ0v) is 7.39. The van der Waals surface area contributed by atoms with Crippen molar-refractivity contribution in [3.63, 3.8) is 0 Å². The summed E-state index contributed by atoms with van der Waals surface area (Å²) in [5.41, 5.74) is 0.974. The molecule has 0 saturated heterocycles. The Bertz CT molecular complexity index is 332. The van der Waals surface area contributed by atoms with E-state index in [9.17, 15) is 4.79 Å². The van der Waals surface area contributed by atoms with Crippen molar-refractivity contribution in [2.24, 2.45) is 0 Å². The van der Waals surface area contributed by atoms with Crippen molar-refractivity contribution < 1.29 is 9.32 Å². The van der Waals surface area contributed by atoms with Gasteiger partial charge in [0.05, 0.1) is 5.56 Å². The molecule has 5 nitrogen and oxygen atoms in total. The van der Waals surface area contributed by atoms with Crippen molar-refractivity contribution in [3.8, 4) is 0 Å². The van der Waals surface area contributed by atoms with Crippen molar-refractivity contribution in [2.75, 3.05) is 11.9 Å². The standard InChI is InChI=1S/C8H11N3O2/c1-5(12)10-8-6-4-9-3-2-7(6)13-11-8/h9H,2-4H2,1H3,(H,10,11,12). The van der Waals surface area contributed by atoms with E-state index in [-0.39, 0.29) is 5.91 Å². The van der Waals surface area contributed by atoms with Crippen LogP contribution in [0.1, 0.15) is 18.2 Å². The van der Waals surface area contributed by atoms with E-state index < -0.39 is 0 Å². The van der Waals surface area contributed by atoms with Crippen LogP contribution >= 0.6 is 0 Å². The lowest BCUT2D eigenvalue weighted by atomic mass is 10.1. The molecule has 0 spiro atoms. The van der Waals surface area contributed by atoms with Crippen LogP contribution in [-0.4, -0.2) is 17.6 Å². The second-order valence-electron chi connectivity index (χ2n) is 3.04. The van der Waals surface area contributed by atoms with E-state index in [4.69, 9.17) is 4.52 Å². The van der Waals surface area contributed by atoms with Gasteiger partial charge in [0.1, 0.15) is 5.76 Å². The smallest absolute Gasteiger partial charge is 0.222 e. The highest BCUT2D eigenvalue weighted by Crippen LogP contribution is 2.21. The third kappa shape index (κ3) is 1.55. The monoisotopic (exact) mass is 181 g/mol. The quantitative estimate of drug-likeness (QED) is 0.653. The Labute approximate surface area is 75.5 Å². The summed E-state index contributed by atoms with van der Waals surface area (Å²) in [6.07, 6.45) is 0.835. The van der Waals surface area contributed by atoms with Gasteiger partial charge in [0.2, 0.25) is 5.91 Å². The van der Waals surface area contributed by atoms with Crippen LogP contribution in [0.3, 0.4) is 0 Å². The van der Waals surface area contributed by atoms with Gasteiger partial charge in [-0.25, -0.2) is 0 Å². The summed E-state index contributed by atoms with van der Waals surface area (Å²) < 4.78 is 5.08. The third-order valence-electron chi connectivity index (χ3n) is 1.99. The molecule has 1 amide bonds. The summed E-state index contributed by atoms with van der Waals surface area (Å²) in [6.45, 7) is 3.08. The van der Waals surface area contributed by atoms with Crippen LogP contribution in [0.2, 0.25) is 0 Å². The summed E-state index contributed by atoms with van der Waals surface area (Å²) in [5, 5.41) is 9.61. The van der Waals surface area contributed by atoms with Crippen molar-refractivity contribution >= 4 is 11.7 Å². The van der Waals surface area contributed by atoms with Gasteiger partial charge in [-0.05, 0) is 0 Å². The number of rotatable bonds is 1. The zero-order chi connectivity index (χ0) is 9.26. The normalized spacial score (nSPS) is 15.2. The first-order chi connectivity index (χ1) is 6.27. The summed E-state index contributed by atoms with van der Waals surface area (Å²) in [5.74, 6) is 1.30. The first-order valence-corrected chi connectivity index (χ1v) is 4.23. The van der Waals surface area contributed by atoms with E-state index in [1.807, 2.05) is 0 Å². The number of hydrogen-bond acceptors (Lipinski definition) is 4. The molecule has 0 radical (unpaired) electrons. The first-order valence-electron chi connectivity index (χ1n) is 4.23. The number of carbonyl (C=O) groups excluding carboxylic acids is 1. The predicted molar refractivity (Wildman–Crippen MR) is 46.2 cm³/mol. The van der Waals surface area contributed by atoms with Crippen LogP contribution in [0.5, 0.6) is 0 Å². The number of nitrogens with zero attached hydrogens (tertiary/aromatic N) is 1. The van der Waals surface area contributed by atoms with Gasteiger partial charge >= 0.3 is 0 Å². The predicted octanol–water partition coefficient (Wildman–Crippen LogP) is 0.279. The maximum atomic E-state index is 10.8. The molecule has 1 aliphatic heterocycles. The highest BCUT2D eigenvalue weighted by atomic mass is 16.5. The molecule has 0 fully saturated rings. The molecule has 2 heterocycles. The average molecular weight is 181 g/mol. The first kappa shape index (κ1) is 8.25. The average Bonchev–Trinajstić information content (AvgIpc) is 2.48. The summed E-state index contributed by atoms with van der Waals surface area (Å²) in [4.78, 5) is 10.8. The van der Waals surface area contributed by atoms with Crippen molar-refractivity contribution in [1.82, 2.24) is 10.5 Å². The molecular weight excluding hydrogens is 170 g/mol. The Morgan fingerprint density at radius 2 is 2.54 bits per heavy atom. The summed E-state index contributed by atoms with van der Waals surface area (Å²) in [7, 11) is 0. The molecule has 0 unspecified atom stereocenters. The Hall–Kier alpha value is -1.36. The molecule has 2 N–H and O–H groups in total. The fourth-order valence-corrected chi connectivity index (χ4v) is 1.40. The van der Waals surface area contributed by atoms with E-state index in [0.717, 1.165) is 24.3 Å². The minimum absolute atomic E-state index is 0.123. The lowest BCUT2D eigenvalue weighted by molar-refractivity contribution is -0.114. The Morgan fingerprint density at radius 1 is 1.69 bits per heavy atom. The number of fused-ring (bicyclic) bond motifs is 1. The zero-order valence-electron chi connectivity index (χ0n) is 7.39. The fraction of sp³-hybridized carbons (Fsp3) is 0.500. The molecule has 0 bridgehead atoms. The highest BCUT2D eigenvalue weighted by molar-refractivity contribution is 5.88. The topological polar surface area (TPSA) is 67.2 Å². The molecule has 1 aromatic rings. The molecule has 5 heteroatoms. The summed E-state index contributed by atoms with van der Waals surface area (Å²) >= 11 is 0. The van der Waals surface area contributed by atoms with Gasteiger partial charge in [-0.3, -0.25) is 4.79 Å². The summed E-state index contributed by atoms with van der Waals surface area (Å²) in [6, 6.07) is 0. The molecule has 2 rings (SSSR count). The number of carbonyl (C=O) groups is 1. The Kier molecular flexibility index (Phi) is 2.02. The molecule has 0 saturated carbocycles. The van der Waals surface area contributed by atoms with Crippen LogP contribution in [0.4, 0.5) is 5.82 Å². The minimum atomic E-state index is -0.123. The molecule has 0 atom stereocenters. The van der Waals surface area contributed by atoms with E-state index >= 15 is 0 Å². The molecule has 1 aromatic heterocycles. The van der Waals surface area contributed by atoms with E-state index in [1.54, 1.807) is 0 Å². The molecular formula is C8H11N3O2. The van der Waals surface area contributed by atoms with Gasteiger partial charge in [0.15, 0.2) is 5.82 Å². The molecule has 13 heavy (non-hydrogen) atoms. The largest absolute Gasteiger partial charge is 0.359 e. The maximum absolute atomic E-state index is 10.8. The van der Waals surface area contributed by atoms with Crippen molar-refractivity contribution in [2.45, 2.75) is 19.9 Å². The van der Waals surface area contributed by atoms with Gasteiger partial charge in [-0.2, -0.15) is 0 Å². The fourth-order valence-electron chi connectivity index (χ4n) is 1.40. The van der Waals surface area contributed by atoms with Gasteiger partial charge in [-0.1, -0.05) is 5.16 Å². The van der Waals surface area contributed by atoms with Crippen LogP contribution < -0.4 is 10.6 Å². The number of anilines is 1. The third-order valence-corrected chi connectivity index (χ3v) is 1.99. The maximum Gasteiger partial charge on any atom is 0.222 e. The van der Waals surface area contributed by atoms with Gasteiger partial charge in [0.25, 0.3) is 0 Å². The number of hydrogen-bond donors (Lipinski definition) is 2. The van der Waals surface area contributed by atoms with Gasteiger partial charge in [-0.15, -0.1) is 0 Å².